The van der Waals surface area contributed by atoms with Crippen LogP contribution < -0.4 is 0 Å². The number of aromatic nitrogens is 2. The lowest BCUT2D eigenvalue weighted by atomic mass is 10.2. The summed E-state index contributed by atoms with van der Waals surface area (Å²) < 4.78 is 5.62. The Kier molecular flexibility index (Phi) is 2.43. The Morgan fingerprint density at radius 3 is 2.71 bits per heavy atom. The van der Waals surface area contributed by atoms with Crippen molar-refractivity contribution in [2.24, 2.45) is 0 Å². The van der Waals surface area contributed by atoms with Crippen LogP contribution in [0.2, 0.25) is 0 Å². The lowest BCUT2D eigenvalue weighted by Crippen LogP contribution is -1.71. The number of nitrogens with zero attached hydrogens (tertiary/aromatic N) is 2. The maximum Gasteiger partial charge on any atom is 0.153 e. The molecule has 3 heterocycles. The molecular weight excluding hydrogens is 212 g/mol. The molecule has 3 aromatic rings. The zero-order valence-corrected chi connectivity index (χ0v) is 9.08. The molecule has 3 heteroatoms. The predicted molar refractivity (Wildman–Crippen MR) is 67.2 cm³/mol. The molecule has 0 aliphatic carbocycles. The minimum absolute atomic E-state index is 0.801. The minimum atomic E-state index is 0.801. The fourth-order valence-electron chi connectivity index (χ4n) is 1.62. The number of furan rings is 1. The summed E-state index contributed by atoms with van der Waals surface area (Å²) in [5.74, 6) is 0.801. The summed E-state index contributed by atoms with van der Waals surface area (Å²) in [6.07, 6.45) is 9.20. The van der Waals surface area contributed by atoms with Gasteiger partial charge in [-0.05, 0) is 35.9 Å². The average Bonchev–Trinajstić information content (AvgIpc) is 2.80. The molecule has 0 unspecified atom stereocenters. The van der Waals surface area contributed by atoms with Crippen molar-refractivity contribution in [2.75, 3.05) is 0 Å². The lowest BCUT2D eigenvalue weighted by Gasteiger charge is -1.89. The molecule has 0 saturated heterocycles. The fourth-order valence-corrected chi connectivity index (χ4v) is 1.62. The van der Waals surface area contributed by atoms with Crippen molar-refractivity contribution in [2.45, 2.75) is 0 Å². The predicted octanol–water partition coefficient (Wildman–Crippen LogP) is 3.39. The van der Waals surface area contributed by atoms with Crippen molar-refractivity contribution < 1.29 is 4.42 Å². The summed E-state index contributed by atoms with van der Waals surface area (Å²) in [6, 6.07) is 9.58. The Labute approximate surface area is 98.4 Å². The van der Waals surface area contributed by atoms with Gasteiger partial charge in [-0.25, -0.2) is 0 Å². The quantitative estimate of drug-likeness (QED) is 0.667. The van der Waals surface area contributed by atoms with Crippen LogP contribution in [0.4, 0.5) is 0 Å². The molecule has 0 aliphatic rings. The van der Waals surface area contributed by atoms with Gasteiger partial charge in [0.05, 0.1) is 0 Å². The SMILES string of the molecule is C(=Cc1cc2ncccc2o1)c1ccncc1. The molecule has 0 fully saturated rings. The van der Waals surface area contributed by atoms with Crippen LogP contribution in [0.5, 0.6) is 0 Å². The smallest absolute Gasteiger partial charge is 0.153 e. The van der Waals surface area contributed by atoms with E-state index in [1.54, 1.807) is 18.6 Å². The van der Waals surface area contributed by atoms with Gasteiger partial charge < -0.3 is 4.42 Å². The highest BCUT2D eigenvalue weighted by Crippen LogP contribution is 2.18. The molecule has 0 radical (unpaired) electrons. The van der Waals surface area contributed by atoms with Crippen LogP contribution in [0.15, 0.2) is 53.3 Å². The highest BCUT2D eigenvalue weighted by molar-refractivity contribution is 5.78. The second kappa shape index (κ2) is 4.22. The first-order valence-corrected chi connectivity index (χ1v) is 5.34. The normalized spacial score (nSPS) is 11.3. The van der Waals surface area contributed by atoms with Gasteiger partial charge in [-0.1, -0.05) is 6.08 Å². The molecule has 0 N–H and O–H groups in total. The highest BCUT2D eigenvalue weighted by Gasteiger charge is 2.00. The molecule has 0 bridgehead atoms. The van der Waals surface area contributed by atoms with Gasteiger partial charge in [-0.15, -0.1) is 0 Å². The molecule has 3 nitrogen and oxygen atoms in total. The minimum Gasteiger partial charge on any atom is -0.455 e. The summed E-state index contributed by atoms with van der Waals surface area (Å²) in [4.78, 5) is 8.19. The van der Waals surface area contributed by atoms with Crippen LogP contribution >= 0.6 is 0 Å². The fraction of sp³-hybridized carbons (Fsp3) is 0. The first kappa shape index (κ1) is 9.78. The zero-order valence-electron chi connectivity index (χ0n) is 9.08. The standard InChI is InChI=1S/C14H10N2O/c1-2-14-13(16-7-1)10-12(17-14)4-3-11-5-8-15-9-6-11/h1-10H. The third-order valence-electron chi connectivity index (χ3n) is 2.45. The van der Waals surface area contributed by atoms with Crippen LogP contribution in [0.3, 0.4) is 0 Å². The molecule has 3 aromatic heterocycles. The van der Waals surface area contributed by atoms with E-state index < -0.39 is 0 Å². The zero-order chi connectivity index (χ0) is 11.5. The summed E-state index contributed by atoms with van der Waals surface area (Å²) in [6.45, 7) is 0. The van der Waals surface area contributed by atoms with Crippen LogP contribution in [0, 0.1) is 0 Å². The van der Waals surface area contributed by atoms with E-state index in [0.29, 0.717) is 0 Å². The van der Waals surface area contributed by atoms with Gasteiger partial charge in [-0.2, -0.15) is 0 Å². The third-order valence-corrected chi connectivity index (χ3v) is 2.45. The van der Waals surface area contributed by atoms with Crippen molar-refractivity contribution in [1.29, 1.82) is 0 Å². The molecular formula is C14H10N2O. The Balaban J connectivity index is 1.92. The van der Waals surface area contributed by atoms with Gasteiger partial charge in [0.2, 0.25) is 0 Å². The summed E-state index contributed by atoms with van der Waals surface area (Å²) in [7, 11) is 0. The molecule has 0 atom stereocenters. The summed E-state index contributed by atoms with van der Waals surface area (Å²) >= 11 is 0. The maximum absolute atomic E-state index is 5.62. The van der Waals surface area contributed by atoms with Crippen LogP contribution in [0.1, 0.15) is 11.3 Å². The number of rotatable bonds is 2. The maximum atomic E-state index is 5.62. The number of hydrogen-bond acceptors (Lipinski definition) is 3. The average molecular weight is 222 g/mol. The van der Waals surface area contributed by atoms with Gasteiger partial charge in [0.25, 0.3) is 0 Å². The van der Waals surface area contributed by atoms with Crippen LogP contribution in [0.25, 0.3) is 23.3 Å². The monoisotopic (exact) mass is 222 g/mol. The number of hydrogen-bond donors (Lipinski definition) is 0. The van der Waals surface area contributed by atoms with E-state index in [4.69, 9.17) is 4.42 Å². The second-order valence-electron chi connectivity index (χ2n) is 3.65. The number of pyridine rings is 2. The topological polar surface area (TPSA) is 38.9 Å². The van der Waals surface area contributed by atoms with E-state index in [2.05, 4.69) is 9.97 Å². The van der Waals surface area contributed by atoms with Crippen molar-refractivity contribution in [1.82, 2.24) is 9.97 Å². The van der Waals surface area contributed by atoms with Crippen LogP contribution in [-0.4, -0.2) is 9.97 Å². The van der Waals surface area contributed by atoms with E-state index in [9.17, 15) is 0 Å². The lowest BCUT2D eigenvalue weighted by molar-refractivity contribution is 0.604. The molecule has 0 aromatic carbocycles. The van der Waals surface area contributed by atoms with Gasteiger partial charge in [0.1, 0.15) is 11.3 Å². The molecule has 0 aliphatic heterocycles. The van der Waals surface area contributed by atoms with Crippen molar-refractivity contribution in [3.8, 4) is 0 Å². The molecule has 0 amide bonds. The Morgan fingerprint density at radius 1 is 1.00 bits per heavy atom. The largest absolute Gasteiger partial charge is 0.455 e. The molecule has 82 valence electrons. The van der Waals surface area contributed by atoms with Crippen molar-refractivity contribution >= 4 is 23.3 Å². The summed E-state index contributed by atoms with van der Waals surface area (Å²) in [5, 5.41) is 0. The Bertz CT molecular complexity index is 623. The van der Waals surface area contributed by atoms with Crippen LogP contribution in [-0.2, 0) is 0 Å². The van der Waals surface area contributed by atoms with Gasteiger partial charge in [-0.3, -0.25) is 9.97 Å². The van der Waals surface area contributed by atoms with Gasteiger partial charge in [0.15, 0.2) is 5.58 Å². The van der Waals surface area contributed by atoms with Crippen molar-refractivity contribution in [3.05, 3.63) is 60.2 Å². The molecule has 0 spiro atoms. The first-order chi connectivity index (χ1) is 8.42. The van der Waals surface area contributed by atoms with Gasteiger partial charge in [0, 0.05) is 24.7 Å². The first-order valence-electron chi connectivity index (χ1n) is 5.34. The van der Waals surface area contributed by atoms with Gasteiger partial charge >= 0.3 is 0 Å². The Morgan fingerprint density at radius 2 is 1.88 bits per heavy atom. The van der Waals surface area contributed by atoms with E-state index in [1.807, 2.05) is 42.5 Å². The molecule has 17 heavy (non-hydrogen) atoms. The highest BCUT2D eigenvalue weighted by atomic mass is 16.3. The number of fused-ring (bicyclic) bond motifs is 1. The Hall–Kier alpha value is -2.42. The van der Waals surface area contributed by atoms with E-state index >= 15 is 0 Å². The molecule has 3 rings (SSSR count). The van der Waals surface area contributed by atoms with E-state index in [0.717, 1.165) is 22.4 Å². The third kappa shape index (κ3) is 2.08. The van der Waals surface area contributed by atoms with Crippen molar-refractivity contribution in [3.63, 3.8) is 0 Å². The summed E-state index contributed by atoms with van der Waals surface area (Å²) in [5.41, 5.74) is 2.78. The van der Waals surface area contributed by atoms with E-state index in [-0.39, 0.29) is 0 Å². The molecule has 0 saturated carbocycles. The van der Waals surface area contributed by atoms with E-state index in [1.165, 1.54) is 0 Å². The second-order valence-corrected chi connectivity index (χ2v) is 3.65.